The molecule has 8 atom stereocenters. The van der Waals surface area contributed by atoms with E-state index < -0.39 is 0 Å². The number of methoxy groups -OCH3 is 1. The van der Waals surface area contributed by atoms with Crippen molar-refractivity contribution in [3.8, 4) is 0 Å². The van der Waals surface area contributed by atoms with Crippen molar-refractivity contribution in [1.29, 1.82) is 0 Å². The lowest BCUT2D eigenvalue weighted by molar-refractivity contribution is -0.140. The molecule has 0 bridgehead atoms. The molecule has 0 saturated heterocycles. The molecule has 0 spiro atoms. The highest BCUT2D eigenvalue weighted by molar-refractivity contribution is 5.68. The van der Waals surface area contributed by atoms with Gasteiger partial charge in [-0.3, -0.25) is 4.79 Å². The zero-order valence-corrected chi connectivity index (χ0v) is 22.5. The lowest BCUT2D eigenvalue weighted by Gasteiger charge is -2.40. The molecule has 0 heterocycles. The number of carbonyl (C=O) groups excluding carboxylic acids is 1. The molecule has 0 aromatic rings. The second-order valence-electron chi connectivity index (χ2n) is 11.1. The maximum atomic E-state index is 11.2. The van der Waals surface area contributed by atoms with Gasteiger partial charge in [-0.05, 0) is 59.7 Å². The first-order valence-electron chi connectivity index (χ1n) is 13.0. The van der Waals surface area contributed by atoms with Crippen LogP contribution in [-0.2, 0) is 9.53 Å². The topological polar surface area (TPSA) is 26.3 Å². The van der Waals surface area contributed by atoms with Crippen molar-refractivity contribution in [2.45, 2.75) is 114 Å². The third-order valence-electron chi connectivity index (χ3n) is 9.19. The van der Waals surface area contributed by atoms with Crippen LogP contribution in [0.25, 0.3) is 0 Å². The number of ether oxygens (including phenoxy) is 1. The summed E-state index contributed by atoms with van der Waals surface area (Å²) in [5.74, 6) is 6.87. The van der Waals surface area contributed by atoms with E-state index in [2.05, 4.69) is 69.2 Å². The highest BCUT2D eigenvalue weighted by Crippen LogP contribution is 2.40. The lowest BCUT2D eigenvalue weighted by Crippen LogP contribution is -2.33. The van der Waals surface area contributed by atoms with Crippen LogP contribution >= 0.6 is 0 Å². The molecule has 180 valence electrons. The molecule has 0 fully saturated rings. The van der Waals surface area contributed by atoms with Crippen LogP contribution < -0.4 is 0 Å². The molecule has 0 amide bonds. The number of esters is 1. The van der Waals surface area contributed by atoms with Gasteiger partial charge < -0.3 is 4.74 Å². The monoisotopic (exact) mass is 424 g/mol. The van der Waals surface area contributed by atoms with Crippen molar-refractivity contribution in [3.63, 3.8) is 0 Å². The Balaban J connectivity index is 4.38. The van der Waals surface area contributed by atoms with Gasteiger partial charge in [0.25, 0.3) is 0 Å². The minimum Gasteiger partial charge on any atom is -0.469 e. The summed E-state index contributed by atoms with van der Waals surface area (Å²) in [4.78, 5) is 11.2. The van der Waals surface area contributed by atoms with Gasteiger partial charge in [0.2, 0.25) is 0 Å². The molecule has 2 nitrogen and oxygen atoms in total. The van der Waals surface area contributed by atoms with E-state index in [0.717, 1.165) is 66.1 Å². The first-order chi connectivity index (χ1) is 13.9. The van der Waals surface area contributed by atoms with Gasteiger partial charge in [0.15, 0.2) is 0 Å². The molecule has 0 rings (SSSR count). The fourth-order valence-corrected chi connectivity index (χ4v) is 5.15. The zero-order valence-electron chi connectivity index (χ0n) is 22.5. The van der Waals surface area contributed by atoms with Crippen LogP contribution in [0.5, 0.6) is 0 Å². The zero-order chi connectivity index (χ0) is 23.4. The average Bonchev–Trinajstić information content (AvgIpc) is 2.73. The third kappa shape index (κ3) is 10.2. The van der Waals surface area contributed by atoms with E-state index in [-0.39, 0.29) is 5.97 Å². The minimum atomic E-state index is -0.0721. The van der Waals surface area contributed by atoms with Crippen LogP contribution in [0.2, 0.25) is 0 Å². The van der Waals surface area contributed by atoms with Crippen molar-refractivity contribution in [1.82, 2.24) is 0 Å². The fraction of sp³-hybridized carbons (Fsp3) is 0.964. The van der Waals surface area contributed by atoms with E-state index in [1.54, 1.807) is 0 Å². The van der Waals surface area contributed by atoms with Crippen LogP contribution in [0.1, 0.15) is 114 Å². The standard InChI is InChI=1S/C28H56O2/c1-19(2)21(4)23(6)25(8)27(10)26(9)24(7)22(5)20(3)17-15-13-12-14-16-18-28(29)30-11/h19-27H,12-18H2,1-11H3/t20-,21-,22-,23+,24-,25-,26+,27+/m1/s1. The number of hydrogen-bond acceptors (Lipinski definition) is 2. The Bertz CT molecular complexity index is 444. The second-order valence-corrected chi connectivity index (χ2v) is 11.1. The molecule has 0 N–H and O–H groups in total. The van der Waals surface area contributed by atoms with Crippen LogP contribution in [-0.4, -0.2) is 13.1 Å². The highest BCUT2D eigenvalue weighted by atomic mass is 16.5. The molecular weight excluding hydrogens is 368 g/mol. The summed E-state index contributed by atoms with van der Waals surface area (Å²) in [6.45, 7) is 24.6. The van der Waals surface area contributed by atoms with E-state index in [9.17, 15) is 4.79 Å². The number of carbonyl (C=O) groups is 1. The summed E-state index contributed by atoms with van der Waals surface area (Å²) in [6, 6.07) is 0. The summed E-state index contributed by atoms with van der Waals surface area (Å²) in [5.41, 5.74) is 0. The summed E-state index contributed by atoms with van der Waals surface area (Å²) in [6.07, 6.45) is 7.88. The maximum Gasteiger partial charge on any atom is 0.305 e. The predicted octanol–water partition coefficient (Wildman–Crippen LogP) is 8.63. The average molecular weight is 425 g/mol. The quantitative estimate of drug-likeness (QED) is 0.183. The third-order valence-corrected chi connectivity index (χ3v) is 9.19. The second kappa shape index (κ2) is 15.3. The van der Waals surface area contributed by atoms with Gasteiger partial charge >= 0.3 is 5.97 Å². The summed E-state index contributed by atoms with van der Waals surface area (Å²) in [5, 5.41) is 0. The molecule has 0 aromatic heterocycles. The molecule has 0 aliphatic carbocycles. The Morgan fingerprint density at radius 3 is 1.43 bits per heavy atom. The molecule has 30 heavy (non-hydrogen) atoms. The summed E-state index contributed by atoms with van der Waals surface area (Å²) >= 11 is 0. The van der Waals surface area contributed by atoms with Crippen LogP contribution in [0, 0.1) is 53.3 Å². The molecule has 0 aliphatic heterocycles. The van der Waals surface area contributed by atoms with Gasteiger partial charge in [-0.2, -0.15) is 0 Å². The normalized spacial score (nSPS) is 20.1. The molecule has 0 unspecified atom stereocenters. The van der Waals surface area contributed by atoms with Gasteiger partial charge in [-0.15, -0.1) is 0 Å². The Morgan fingerprint density at radius 1 is 0.567 bits per heavy atom. The Hall–Kier alpha value is -0.530. The fourth-order valence-electron chi connectivity index (χ4n) is 5.15. The molecular formula is C28H56O2. The molecule has 0 radical (unpaired) electrons. The van der Waals surface area contributed by atoms with E-state index in [1.165, 1.54) is 32.8 Å². The summed E-state index contributed by atoms with van der Waals surface area (Å²) in [7, 11) is 1.47. The Morgan fingerprint density at radius 2 is 0.967 bits per heavy atom. The van der Waals surface area contributed by atoms with Crippen molar-refractivity contribution in [2.75, 3.05) is 7.11 Å². The van der Waals surface area contributed by atoms with Gasteiger partial charge in [-0.1, -0.05) is 101 Å². The number of hydrogen-bond donors (Lipinski definition) is 0. The van der Waals surface area contributed by atoms with Crippen molar-refractivity contribution >= 4 is 5.97 Å². The lowest BCUT2D eigenvalue weighted by atomic mass is 9.66. The molecule has 0 aromatic carbocycles. The molecule has 0 saturated carbocycles. The highest BCUT2D eigenvalue weighted by Gasteiger charge is 2.33. The number of unbranched alkanes of at least 4 members (excludes halogenated alkanes) is 4. The summed E-state index contributed by atoms with van der Waals surface area (Å²) < 4.78 is 4.70. The van der Waals surface area contributed by atoms with Gasteiger partial charge in [0.05, 0.1) is 7.11 Å². The van der Waals surface area contributed by atoms with Gasteiger partial charge in [-0.25, -0.2) is 0 Å². The SMILES string of the molecule is COC(=O)CCCCCCC[C@@H](C)[C@@H](C)[C@@H](C)[C@H](C)[C@@H](C)[C@H](C)[C@@H](C)[C@H](C)C(C)C. The van der Waals surface area contributed by atoms with Crippen molar-refractivity contribution < 1.29 is 9.53 Å². The van der Waals surface area contributed by atoms with Crippen LogP contribution in [0.15, 0.2) is 0 Å². The molecule has 0 aliphatic rings. The van der Waals surface area contributed by atoms with E-state index in [0.29, 0.717) is 6.42 Å². The predicted molar refractivity (Wildman–Crippen MR) is 132 cm³/mol. The van der Waals surface area contributed by atoms with E-state index in [4.69, 9.17) is 4.74 Å². The largest absolute Gasteiger partial charge is 0.469 e. The Labute approximate surface area is 190 Å². The first-order valence-corrected chi connectivity index (χ1v) is 13.0. The van der Waals surface area contributed by atoms with Crippen molar-refractivity contribution in [3.05, 3.63) is 0 Å². The Kier molecular flexibility index (Phi) is 15.0. The number of rotatable bonds is 16. The van der Waals surface area contributed by atoms with Gasteiger partial charge in [0.1, 0.15) is 0 Å². The van der Waals surface area contributed by atoms with E-state index in [1.807, 2.05) is 0 Å². The minimum absolute atomic E-state index is 0.0721. The molecule has 2 heteroatoms. The van der Waals surface area contributed by atoms with Crippen LogP contribution in [0.3, 0.4) is 0 Å². The van der Waals surface area contributed by atoms with E-state index >= 15 is 0 Å². The van der Waals surface area contributed by atoms with Crippen molar-refractivity contribution in [2.24, 2.45) is 53.3 Å². The first kappa shape index (κ1) is 29.5. The van der Waals surface area contributed by atoms with Crippen LogP contribution in [0.4, 0.5) is 0 Å². The maximum absolute atomic E-state index is 11.2. The van der Waals surface area contributed by atoms with Gasteiger partial charge in [0, 0.05) is 6.42 Å². The smallest absolute Gasteiger partial charge is 0.305 e.